The molecule has 3 heterocycles. The van der Waals surface area contributed by atoms with Crippen molar-refractivity contribution < 1.29 is 14.4 Å². The number of aromatic nitrogens is 1. The summed E-state index contributed by atoms with van der Waals surface area (Å²) in [6.45, 7) is 4.44. The second kappa shape index (κ2) is 9.17. The molecule has 0 aliphatic carbocycles. The number of imide groups is 1. The Balaban J connectivity index is 1.23. The Kier molecular flexibility index (Phi) is 5.79. The Morgan fingerprint density at radius 2 is 1.74 bits per heavy atom. The van der Waals surface area contributed by atoms with Gasteiger partial charge in [-0.05, 0) is 79.8 Å². The number of hydrogen-bond donors (Lipinski definition) is 2. The second-order valence-corrected chi connectivity index (χ2v) is 10.2. The summed E-state index contributed by atoms with van der Waals surface area (Å²) in [5.41, 5.74) is 4.60. The number of urea groups is 1. The first kappa shape index (κ1) is 24.0. The van der Waals surface area contributed by atoms with Gasteiger partial charge in [-0.3, -0.25) is 9.59 Å². The van der Waals surface area contributed by atoms with E-state index >= 15 is 0 Å². The van der Waals surface area contributed by atoms with Gasteiger partial charge >= 0.3 is 6.03 Å². The number of nitrogens with one attached hydrogen (secondary N) is 2. The minimum atomic E-state index is -1.11. The fourth-order valence-electron chi connectivity index (χ4n) is 5.72. The van der Waals surface area contributed by atoms with Crippen molar-refractivity contribution in [3.63, 3.8) is 0 Å². The molecule has 1 atom stereocenters. The summed E-state index contributed by atoms with van der Waals surface area (Å²) >= 11 is 0. The number of fused-ring (bicyclic) bond motifs is 5. The summed E-state index contributed by atoms with van der Waals surface area (Å²) < 4.78 is 0. The average molecular weight is 507 g/mol. The quantitative estimate of drug-likeness (QED) is 0.315. The third-order valence-electron chi connectivity index (χ3n) is 7.89. The first-order valence-electron chi connectivity index (χ1n) is 13.2. The maximum Gasteiger partial charge on any atom is 0.332 e. The molecular formula is C31H30N4O3. The van der Waals surface area contributed by atoms with E-state index in [0.29, 0.717) is 24.2 Å². The molecule has 7 nitrogen and oxygen atoms in total. The standard InChI is InChI=1S/C31H30N4O3/c1-3-4-7-20-10-14-22(15-11-20)32-28(36)21-12-16-23(17-13-21)35-29(37)31(2)27-25(18-19-34(31)30(35)38)24-8-5-6-9-26(24)33-27/h5-6,8-17,33H,3-4,7,18-19H2,1-2H3,(H,32,36). The van der Waals surface area contributed by atoms with Crippen molar-refractivity contribution in [3.8, 4) is 0 Å². The number of amides is 4. The minimum Gasteiger partial charge on any atom is -0.356 e. The first-order chi connectivity index (χ1) is 18.4. The van der Waals surface area contributed by atoms with Gasteiger partial charge in [-0.1, -0.05) is 43.7 Å². The molecule has 2 N–H and O–H groups in total. The maximum atomic E-state index is 13.8. The molecule has 3 aromatic carbocycles. The lowest BCUT2D eigenvalue weighted by Crippen LogP contribution is -2.49. The molecule has 0 bridgehead atoms. The van der Waals surface area contributed by atoms with Crippen LogP contribution in [0.1, 0.15) is 53.9 Å². The van der Waals surface area contributed by atoms with Crippen LogP contribution < -0.4 is 10.2 Å². The van der Waals surface area contributed by atoms with Crippen LogP contribution in [-0.2, 0) is 23.2 Å². The number of carbonyl (C=O) groups excluding carboxylic acids is 3. The number of hydrogen-bond acceptors (Lipinski definition) is 3. The number of nitrogens with zero attached hydrogens (tertiary/aromatic N) is 2. The summed E-state index contributed by atoms with van der Waals surface area (Å²) in [5, 5.41) is 4.01. The van der Waals surface area contributed by atoms with Crippen LogP contribution in [0.5, 0.6) is 0 Å². The molecule has 2 aliphatic rings. The van der Waals surface area contributed by atoms with Crippen LogP contribution in [0.15, 0.2) is 72.8 Å². The van der Waals surface area contributed by atoms with E-state index in [1.807, 2.05) is 55.5 Å². The Bertz CT molecular complexity index is 1550. The predicted molar refractivity (Wildman–Crippen MR) is 148 cm³/mol. The molecule has 1 aromatic heterocycles. The van der Waals surface area contributed by atoms with E-state index in [-0.39, 0.29) is 17.8 Å². The Morgan fingerprint density at radius 1 is 1.00 bits per heavy atom. The molecule has 6 rings (SSSR count). The van der Waals surface area contributed by atoms with Crippen LogP contribution in [0.4, 0.5) is 16.2 Å². The maximum absolute atomic E-state index is 13.8. The molecule has 1 unspecified atom stereocenters. The van der Waals surface area contributed by atoms with E-state index in [1.54, 1.807) is 29.2 Å². The van der Waals surface area contributed by atoms with Crippen molar-refractivity contribution in [3.05, 3.63) is 95.2 Å². The van der Waals surface area contributed by atoms with Gasteiger partial charge in [-0.15, -0.1) is 0 Å². The molecule has 1 fully saturated rings. The topological polar surface area (TPSA) is 85.5 Å². The van der Waals surface area contributed by atoms with Crippen LogP contribution in [0, 0.1) is 0 Å². The monoisotopic (exact) mass is 506 g/mol. The molecule has 0 spiro atoms. The van der Waals surface area contributed by atoms with Gasteiger partial charge in [0.15, 0.2) is 5.54 Å². The van der Waals surface area contributed by atoms with Crippen molar-refractivity contribution in [1.82, 2.24) is 9.88 Å². The van der Waals surface area contributed by atoms with Gasteiger partial charge in [0.05, 0.1) is 11.4 Å². The van der Waals surface area contributed by atoms with Gasteiger partial charge < -0.3 is 15.2 Å². The lowest BCUT2D eigenvalue weighted by molar-refractivity contribution is -0.125. The van der Waals surface area contributed by atoms with Gasteiger partial charge in [-0.2, -0.15) is 0 Å². The number of carbonyl (C=O) groups is 3. The SMILES string of the molecule is CCCCc1ccc(NC(=O)c2ccc(N3C(=O)N4CCc5c([nH]c6ccccc56)C4(C)C3=O)cc2)cc1. The van der Waals surface area contributed by atoms with Crippen LogP contribution in [0.3, 0.4) is 0 Å². The van der Waals surface area contributed by atoms with Crippen molar-refractivity contribution >= 4 is 40.1 Å². The van der Waals surface area contributed by atoms with E-state index < -0.39 is 5.54 Å². The van der Waals surface area contributed by atoms with Gasteiger partial charge in [0.2, 0.25) is 0 Å². The van der Waals surface area contributed by atoms with E-state index in [0.717, 1.165) is 47.1 Å². The Morgan fingerprint density at radius 3 is 2.47 bits per heavy atom. The average Bonchev–Trinajstić information content (AvgIpc) is 3.41. The number of rotatable bonds is 6. The van der Waals surface area contributed by atoms with E-state index in [4.69, 9.17) is 0 Å². The molecule has 38 heavy (non-hydrogen) atoms. The van der Waals surface area contributed by atoms with Gasteiger partial charge in [0.1, 0.15) is 0 Å². The summed E-state index contributed by atoms with van der Waals surface area (Å²) in [7, 11) is 0. The van der Waals surface area contributed by atoms with Crippen molar-refractivity contribution in [1.29, 1.82) is 0 Å². The number of anilines is 2. The molecule has 192 valence electrons. The third-order valence-corrected chi connectivity index (χ3v) is 7.89. The zero-order valence-corrected chi connectivity index (χ0v) is 21.6. The van der Waals surface area contributed by atoms with Gasteiger partial charge in [0.25, 0.3) is 11.8 Å². The number of H-pyrrole nitrogens is 1. The van der Waals surface area contributed by atoms with E-state index in [1.165, 1.54) is 10.5 Å². The number of unbranched alkanes of at least 4 members (excludes halogenated alkanes) is 1. The van der Waals surface area contributed by atoms with Crippen molar-refractivity contribution in [2.45, 2.75) is 45.1 Å². The van der Waals surface area contributed by atoms with Crippen LogP contribution in [-0.4, -0.2) is 34.3 Å². The molecule has 1 saturated heterocycles. The zero-order chi connectivity index (χ0) is 26.4. The fourth-order valence-corrected chi connectivity index (χ4v) is 5.72. The molecule has 4 amide bonds. The third kappa shape index (κ3) is 3.69. The largest absolute Gasteiger partial charge is 0.356 e. The minimum absolute atomic E-state index is 0.246. The first-order valence-corrected chi connectivity index (χ1v) is 13.2. The highest BCUT2D eigenvalue weighted by atomic mass is 16.2. The molecular weight excluding hydrogens is 476 g/mol. The smallest absolute Gasteiger partial charge is 0.332 e. The summed E-state index contributed by atoms with van der Waals surface area (Å²) in [5.74, 6) is -0.542. The van der Waals surface area contributed by atoms with Crippen molar-refractivity contribution in [2.24, 2.45) is 0 Å². The Labute approximate surface area is 221 Å². The summed E-state index contributed by atoms with van der Waals surface area (Å²) in [6, 6.07) is 22.1. The van der Waals surface area contributed by atoms with Crippen LogP contribution in [0.25, 0.3) is 10.9 Å². The van der Waals surface area contributed by atoms with Crippen LogP contribution >= 0.6 is 0 Å². The highest BCUT2D eigenvalue weighted by Crippen LogP contribution is 2.45. The van der Waals surface area contributed by atoms with Crippen molar-refractivity contribution in [2.75, 3.05) is 16.8 Å². The fraction of sp³-hybridized carbons (Fsp3) is 0.258. The summed E-state index contributed by atoms with van der Waals surface area (Å²) in [4.78, 5) is 46.4. The predicted octanol–water partition coefficient (Wildman–Crippen LogP) is 6.00. The number of aryl methyl sites for hydroxylation is 1. The van der Waals surface area contributed by atoms with Gasteiger partial charge in [0, 0.05) is 28.7 Å². The number of benzene rings is 3. The van der Waals surface area contributed by atoms with Gasteiger partial charge in [-0.25, -0.2) is 9.69 Å². The highest BCUT2D eigenvalue weighted by molar-refractivity contribution is 6.23. The highest BCUT2D eigenvalue weighted by Gasteiger charge is 2.59. The second-order valence-electron chi connectivity index (χ2n) is 10.2. The number of para-hydroxylation sites is 1. The Hall–Kier alpha value is -4.39. The summed E-state index contributed by atoms with van der Waals surface area (Å²) in [6.07, 6.45) is 3.99. The molecule has 7 heteroatoms. The molecule has 2 aliphatic heterocycles. The zero-order valence-electron chi connectivity index (χ0n) is 21.6. The van der Waals surface area contributed by atoms with E-state index in [9.17, 15) is 14.4 Å². The molecule has 4 aromatic rings. The van der Waals surface area contributed by atoms with E-state index in [2.05, 4.69) is 17.2 Å². The lowest BCUT2D eigenvalue weighted by Gasteiger charge is -2.35. The molecule has 0 saturated carbocycles. The molecule has 0 radical (unpaired) electrons. The lowest BCUT2D eigenvalue weighted by atomic mass is 9.87. The normalized spacial score (nSPS) is 18.6. The number of aromatic amines is 1. The van der Waals surface area contributed by atoms with Crippen LogP contribution in [0.2, 0.25) is 0 Å².